The van der Waals surface area contributed by atoms with Crippen molar-refractivity contribution >= 4 is 55.7 Å². The number of fused-ring (bicyclic) bond motifs is 1. The lowest BCUT2D eigenvalue weighted by atomic mass is 9.95. The van der Waals surface area contributed by atoms with Gasteiger partial charge in [0.2, 0.25) is 0 Å². The highest BCUT2D eigenvalue weighted by Gasteiger charge is 2.48. The SMILES string of the molecule is CCCCOc1ccc(C2C(=C(O)c3cccc(OCC)c3)C(=O)C(=O)N2c2nc3ccc(Cl)cc3s2)cc1. The van der Waals surface area contributed by atoms with Gasteiger partial charge in [-0.25, -0.2) is 4.98 Å². The molecule has 3 aromatic carbocycles. The van der Waals surface area contributed by atoms with Gasteiger partial charge in [-0.3, -0.25) is 14.5 Å². The van der Waals surface area contributed by atoms with Crippen LogP contribution in [0.25, 0.3) is 16.0 Å². The number of halogens is 1. The first kappa shape index (κ1) is 26.7. The number of aromatic nitrogens is 1. The number of ketones is 1. The first-order valence-corrected chi connectivity index (χ1v) is 13.9. The van der Waals surface area contributed by atoms with Crippen LogP contribution in [0.15, 0.2) is 72.3 Å². The molecule has 0 saturated carbocycles. The van der Waals surface area contributed by atoms with Gasteiger partial charge in [0.25, 0.3) is 5.78 Å². The van der Waals surface area contributed by atoms with Crippen LogP contribution in [0, 0.1) is 0 Å². The molecule has 39 heavy (non-hydrogen) atoms. The normalized spacial score (nSPS) is 16.7. The maximum Gasteiger partial charge on any atom is 0.301 e. The molecule has 1 aliphatic heterocycles. The molecule has 0 spiro atoms. The number of ether oxygens (including phenoxy) is 2. The van der Waals surface area contributed by atoms with Gasteiger partial charge in [0.15, 0.2) is 5.13 Å². The number of hydrogen-bond acceptors (Lipinski definition) is 7. The number of carbonyl (C=O) groups excluding carboxylic acids is 2. The Hall–Kier alpha value is -3.88. The summed E-state index contributed by atoms with van der Waals surface area (Å²) in [5.41, 5.74) is 1.64. The lowest BCUT2D eigenvalue weighted by Crippen LogP contribution is -2.29. The minimum Gasteiger partial charge on any atom is -0.507 e. The number of aliphatic hydroxyl groups excluding tert-OH is 1. The van der Waals surface area contributed by atoms with E-state index in [0.29, 0.717) is 51.5 Å². The van der Waals surface area contributed by atoms with E-state index in [2.05, 4.69) is 11.9 Å². The van der Waals surface area contributed by atoms with Gasteiger partial charge in [-0.05, 0) is 61.4 Å². The minimum atomic E-state index is -0.901. The molecule has 7 nitrogen and oxygen atoms in total. The molecule has 2 heterocycles. The molecule has 1 N–H and O–H groups in total. The van der Waals surface area contributed by atoms with E-state index in [0.717, 1.165) is 17.5 Å². The number of aliphatic hydroxyl groups is 1. The van der Waals surface area contributed by atoms with E-state index >= 15 is 0 Å². The predicted octanol–water partition coefficient (Wildman–Crippen LogP) is 7.15. The first-order chi connectivity index (χ1) is 18.9. The first-order valence-electron chi connectivity index (χ1n) is 12.7. The minimum absolute atomic E-state index is 0.0226. The van der Waals surface area contributed by atoms with Gasteiger partial charge in [0, 0.05) is 10.6 Å². The van der Waals surface area contributed by atoms with E-state index < -0.39 is 17.7 Å². The molecule has 1 amide bonds. The fraction of sp³-hybridized carbons (Fsp3) is 0.233. The second-order valence-electron chi connectivity index (χ2n) is 9.01. The summed E-state index contributed by atoms with van der Waals surface area (Å²) in [6, 6.07) is 18.4. The maximum absolute atomic E-state index is 13.5. The largest absolute Gasteiger partial charge is 0.507 e. The molecule has 1 saturated heterocycles. The van der Waals surface area contributed by atoms with Crippen molar-refractivity contribution in [1.29, 1.82) is 0 Å². The lowest BCUT2D eigenvalue weighted by molar-refractivity contribution is -0.132. The highest BCUT2D eigenvalue weighted by atomic mass is 35.5. The number of thiazole rings is 1. The predicted molar refractivity (Wildman–Crippen MR) is 154 cm³/mol. The lowest BCUT2D eigenvalue weighted by Gasteiger charge is -2.23. The molecule has 1 aliphatic rings. The third-order valence-electron chi connectivity index (χ3n) is 6.37. The van der Waals surface area contributed by atoms with Crippen LogP contribution in [0.4, 0.5) is 5.13 Å². The Morgan fingerprint density at radius 3 is 2.56 bits per heavy atom. The number of benzene rings is 3. The van der Waals surface area contributed by atoms with E-state index in [1.54, 1.807) is 66.7 Å². The van der Waals surface area contributed by atoms with Crippen molar-refractivity contribution in [2.24, 2.45) is 0 Å². The summed E-state index contributed by atoms with van der Waals surface area (Å²) in [5.74, 6) is -0.613. The Morgan fingerprint density at radius 1 is 1.03 bits per heavy atom. The number of Topliss-reactive ketones (excluding diaryl/α,β-unsaturated/α-hetero) is 1. The second-order valence-corrected chi connectivity index (χ2v) is 10.5. The van der Waals surface area contributed by atoms with Crippen LogP contribution in [0.2, 0.25) is 5.02 Å². The summed E-state index contributed by atoms with van der Waals surface area (Å²) in [4.78, 5) is 33.0. The van der Waals surface area contributed by atoms with Crippen LogP contribution in [-0.4, -0.2) is 35.0 Å². The molecule has 200 valence electrons. The Balaban J connectivity index is 1.64. The van der Waals surface area contributed by atoms with Crippen LogP contribution in [0.3, 0.4) is 0 Å². The van der Waals surface area contributed by atoms with Crippen LogP contribution in [0.5, 0.6) is 11.5 Å². The Labute approximate surface area is 235 Å². The molecule has 1 aromatic heterocycles. The maximum atomic E-state index is 13.5. The monoisotopic (exact) mass is 562 g/mol. The zero-order valence-corrected chi connectivity index (χ0v) is 23.1. The van der Waals surface area contributed by atoms with E-state index in [1.165, 1.54) is 16.2 Å². The summed E-state index contributed by atoms with van der Waals surface area (Å²) in [6.07, 6.45) is 1.95. The molecule has 4 aromatic rings. The van der Waals surface area contributed by atoms with Crippen LogP contribution in [-0.2, 0) is 9.59 Å². The van der Waals surface area contributed by atoms with E-state index in [4.69, 9.17) is 21.1 Å². The molecule has 5 rings (SSSR count). The average Bonchev–Trinajstić information content (AvgIpc) is 3.46. The number of unbranched alkanes of at least 4 members (excludes halogenated alkanes) is 1. The number of rotatable bonds is 9. The van der Waals surface area contributed by atoms with Crippen molar-refractivity contribution in [1.82, 2.24) is 4.98 Å². The van der Waals surface area contributed by atoms with Gasteiger partial charge in [-0.15, -0.1) is 0 Å². The molecular formula is C30H27ClN2O5S. The topological polar surface area (TPSA) is 89.0 Å². The van der Waals surface area contributed by atoms with Crippen molar-refractivity contribution in [3.8, 4) is 11.5 Å². The zero-order chi connectivity index (χ0) is 27.5. The van der Waals surface area contributed by atoms with Gasteiger partial charge in [-0.2, -0.15) is 0 Å². The third-order valence-corrected chi connectivity index (χ3v) is 7.62. The summed E-state index contributed by atoms with van der Waals surface area (Å²) >= 11 is 7.43. The molecule has 1 atom stereocenters. The van der Waals surface area contributed by atoms with Gasteiger partial charge in [-0.1, -0.05) is 60.5 Å². The van der Waals surface area contributed by atoms with Crippen LogP contribution >= 0.6 is 22.9 Å². The molecule has 0 aliphatic carbocycles. The zero-order valence-electron chi connectivity index (χ0n) is 21.5. The van der Waals surface area contributed by atoms with Gasteiger partial charge in [0.1, 0.15) is 17.3 Å². The molecular weight excluding hydrogens is 536 g/mol. The smallest absolute Gasteiger partial charge is 0.301 e. The molecule has 0 radical (unpaired) electrons. The van der Waals surface area contributed by atoms with Crippen LogP contribution in [0.1, 0.15) is 43.9 Å². The molecule has 9 heteroatoms. The second kappa shape index (κ2) is 11.5. The standard InChI is InChI=1S/C30H27ClN2O5S/c1-3-5-15-38-21-12-9-18(10-13-21)26-25(27(34)19-7-6-8-22(16-19)37-4-2)28(35)29(36)33(26)30-32-23-14-11-20(31)17-24(23)39-30/h6-14,16-17,26,34H,3-5,15H2,1-2H3. The Bertz CT molecular complexity index is 1560. The number of carbonyl (C=O) groups is 2. The fourth-order valence-electron chi connectivity index (χ4n) is 4.47. The van der Waals surface area contributed by atoms with Gasteiger partial charge >= 0.3 is 5.91 Å². The van der Waals surface area contributed by atoms with Crippen LogP contribution < -0.4 is 14.4 Å². The van der Waals surface area contributed by atoms with Gasteiger partial charge in [0.05, 0.1) is 35.0 Å². The number of hydrogen-bond donors (Lipinski definition) is 1. The fourth-order valence-corrected chi connectivity index (χ4v) is 5.74. The van der Waals surface area contributed by atoms with Crippen molar-refractivity contribution < 1.29 is 24.2 Å². The van der Waals surface area contributed by atoms with E-state index in [-0.39, 0.29) is 11.3 Å². The summed E-state index contributed by atoms with van der Waals surface area (Å²) in [7, 11) is 0. The Morgan fingerprint density at radius 2 is 1.82 bits per heavy atom. The quantitative estimate of drug-likeness (QED) is 0.101. The third kappa shape index (κ3) is 5.35. The molecule has 1 fully saturated rings. The molecule has 0 bridgehead atoms. The highest BCUT2D eigenvalue weighted by Crippen LogP contribution is 2.45. The number of nitrogens with zero attached hydrogens (tertiary/aromatic N) is 2. The Kier molecular flexibility index (Phi) is 7.86. The number of amides is 1. The summed E-state index contributed by atoms with van der Waals surface area (Å²) < 4.78 is 12.2. The van der Waals surface area contributed by atoms with Crippen molar-refractivity contribution in [3.63, 3.8) is 0 Å². The van der Waals surface area contributed by atoms with Crippen molar-refractivity contribution in [2.45, 2.75) is 32.7 Å². The average molecular weight is 563 g/mol. The summed E-state index contributed by atoms with van der Waals surface area (Å²) in [6.45, 7) is 5.00. The van der Waals surface area contributed by atoms with E-state index in [1.807, 2.05) is 6.92 Å². The highest BCUT2D eigenvalue weighted by molar-refractivity contribution is 7.22. The number of anilines is 1. The van der Waals surface area contributed by atoms with Gasteiger partial charge < -0.3 is 14.6 Å². The van der Waals surface area contributed by atoms with Crippen molar-refractivity contribution in [3.05, 3.63) is 88.5 Å². The summed E-state index contributed by atoms with van der Waals surface area (Å²) in [5, 5.41) is 12.3. The molecule has 1 unspecified atom stereocenters. The van der Waals surface area contributed by atoms with Crippen molar-refractivity contribution in [2.75, 3.05) is 18.1 Å². The van der Waals surface area contributed by atoms with E-state index in [9.17, 15) is 14.7 Å².